The molecule has 7 nitrogen and oxygen atoms in total. The third kappa shape index (κ3) is 2.96. The topological polar surface area (TPSA) is 90.6 Å². The molecule has 0 bridgehead atoms. The molecule has 2 aliphatic rings. The third-order valence-corrected chi connectivity index (χ3v) is 5.57. The number of carbonyl (C=O) groups excluding carboxylic acids is 1. The van der Waals surface area contributed by atoms with E-state index in [1.807, 2.05) is 11.8 Å². The number of H-pyrrole nitrogens is 2. The minimum Gasteiger partial charge on any atom is -0.337 e. The Bertz CT molecular complexity index is 759. The lowest BCUT2D eigenvalue weighted by Crippen LogP contribution is -2.29. The minimum atomic E-state index is 0.0855. The van der Waals surface area contributed by atoms with E-state index >= 15 is 0 Å². The summed E-state index contributed by atoms with van der Waals surface area (Å²) in [5.74, 6) is 3.65. The van der Waals surface area contributed by atoms with Crippen LogP contribution in [0.15, 0.2) is 6.20 Å². The Morgan fingerprint density at radius 3 is 2.76 bits per heavy atom. The number of nitrogens with zero attached hydrogens (tertiary/aromatic N) is 4. The number of hydrogen-bond donors (Lipinski definition) is 2. The average molecular weight is 342 g/mol. The van der Waals surface area contributed by atoms with Gasteiger partial charge in [-0.15, -0.1) is 0 Å². The van der Waals surface area contributed by atoms with E-state index in [1.54, 1.807) is 6.20 Å². The van der Waals surface area contributed by atoms with Crippen molar-refractivity contribution < 1.29 is 4.79 Å². The highest BCUT2D eigenvalue weighted by atomic mass is 16.2. The fourth-order valence-corrected chi connectivity index (χ4v) is 3.94. The fraction of sp³-hybridized carbons (Fsp3) is 0.667. The second-order valence-corrected chi connectivity index (χ2v) is 7.67. The largest absolute Gasteiger partial charge is 0.337 e. The summed E-state index contributed by atoms with van der Waals surface area (Å²) in [6.07, 6.45) is 4.97. The van der Waals surface area contributed by atoms with Crippen LogP contribution in [0.25, 0.3) is 0 Å². The van der Waals surface area contributed by atoms with Gasteiger partial charge >= 0.3 is 0 Å². The van der Waals surface area contributed by atoms with Crippen molar-refractivity contribution in [2.24, 2.45) is 11.8 Å². The zero-order valence-electron chi connectivity index (χ0n) is 15.1. The van der Waals surface area contributed by atoms with Gasteiger partial charge in [-0.25, -0.2) is 4.98 Å². The van der Waals surface area contributed by atoms with Gasteiger partial charge in [0.1, 0.15) is 5.82 Å². The number of rotatable bonds is 5. The SMILES string of the molecule is CCc1[nH]ncc1C(=O)N1C[C@@H](c2nc(C(C)C)n[nH]2)[C@H](C2CC2)C1. The summed E-state index contributed by atoms with van der Waals surface area (Å²) in [4.78, 5) is 19.7. The summed E-state index contributed by atoms with van der Waals surface area (Å²) >= 11 is 0. The number of likely N-dealkylation sites (tertiary alicyclic amines) is 1. The first-order valence-corrected chi connectivity index (χ1v) is 9.32. The maximum atomic E-state index is 13.0. The van der Waals surface area contributed by atoms with Gasteiger partial charge in [-0.1, -0.05) is 20.8 Å². The van der Waals surface area contributed by atoms with Crippen LogP contribution in [-0.2, 0) is 6.42 Å². The van der Waals surface area contributed by atoms with Crippen LogP contribution in [0.4, 0.5) is 0 Å². The number of aromatic nitrogens is 5. The summed E-state index contributed by atoms with van der Waals surface area (Å²) < 4.78 is 0. The normalized spacial score (nSPS) is 23.6. The first-order chi connectivity index (χ1) is 12.1. The molecular formula is C18H26N6O. The molecule has 25 heavy (non-hydrogen) atoms. The highest BCUT2D eigenvalue weighted by Crippen LogP contribution is 2.47. The smallest absolute Gasteiger partial charge is 0.257 e. The summed E-state index contributed by atoms with van der Waals surface area (Å²) in [7, 11) is 0. The lowest BCUT2D eigenvalue weighted by Gasteiger charge is -2.16. The molecule has 1 aliphatic heterocycles. The van der Waals surface area contributed by atoms with Crippen LogP contribution in [0.3, 0.4) is 0 Å². The Morgan fingerprint density at radius 2 is 2.12 bits per heavy atom. The molecule has 0 aromatic carbocycles. The van der Waals surface area contributed by atoms with Crippen LogP contribution in [0, 0.1) is 11.8 Å². The standard InChI is InChI=1S/C18H26N6O/c1-4-15-12(7-19-21-15)18(25)24-8-13(11-5-6-11)14(9-24)17-20-16(10(2)3)22-23-17/h7,10-11,13-14H,4-6,8-9H2,1-3H3,(H,19,21)(H,20,22,23)/t13-,14+/m0/s1. The Kier molecular flexibility index (Phi) is 4.09. The molecule has 0 spiro atoms. The van der Waals surface area contributed by atoms with Crippen LogP contribution in [0.1, 0.15) is 73.1 Å². The van der Waals surface area contributed by atoms with Crippen molar-refractivity contribution in [1.29, 1.82) is 0 Å². The van der Waals surface area contributed by atoms with Gasteiger partial charge in [-0.2, -0.15) is 10.2 Å². The van der Waals surface area contributed by atoms with E-state index in [2.05, 4.69) is 34.2 Å². The molecule has 0 unspecified atom stereocenters. The van der Waals surface area contributed by atoms with E-state index < -0.39 is 0 Å². The number of carbonyl (C=O) groups is 1. The Hall–Kier alpha value is -2.18. The zero-order valence-corrected chi connectivity index (χ0v) is 15.1. The zero-order chi connectivity index (χ0) is 17.6. The third-order valence-electron chi connectivity index (χ3n) is 5.57. The maximum absolute atomic E-state index is 13.0. The lowest BCUT2D eigenvalue weighted by molar-refractivity contribution is 0.0783. The molecule has 1 saturated heterocycles. The summed E-state index contributed by atoms with van der Waals surface area (Å²) in [5.41, 5.74) is 1.62. The number of hydrogen-bond acceptors (Lipinski definition) is 4. The van der Waals surface area contributed by atoms with E-state index in [0.717, 1.165) is 30.3 Å². The molecule has 1 amide bonds. The molecule has 134 valence electrons. The van der Waals surface area contributed by atoms with Crippen molar-refractivity contribution in [3.8, 4) is 0 Å². The highest BCUT2D eigenvalue weighted by molar-refractivity contribution is 5.95. The van der Waals surface area contributed by atoms with Gasteiger partial charge in [-0.3, -0.25) is 15.0 Å². The van der Waals surface area contributed by atoms with Crippen molar-refractivity contribution in [3.63, 3.8) is 0 Å². The molecule has 1 saturated carbocycles. The molecule has 3 heterocycles. The summed E-state index contributed by atoms with van der Waals surface area (Å²) in [6.45, 7) is 7.75. The second-order valence-electron chi connectivity index (χ2n) is 7.67. The molecule has 2 aromatic rings. The molecular weight excluding hydrogens is 316 g/mol. The monoisotopic (exact) mass is 342 g/mol. The van der Waals surface area contributed by atoms with Crippen molar-refractivity contribution in [1.82, 2.24) is 30.3 Å². The minimum absolute atomic E-state index is 0.0855. The summed E-state index contributed by atoms with van der Waals surface area (Å²) in [6, 6.07) is 0. The van der Waals surface area contributed by atoms with Crippen LogP contribution in [-0.4, -0.2) is 49.3 Å². The molecule has 0 radical (unpaired) electrons. The van der Waals surface area contributed by atoms with Gasteiger partial charge in [0.05, 0.1) is 11.8 Å². The van der Waals surface area contributed by atoms with E-state index in [9.17, 15) is 4.79 Å². The molecule has 2 N–H and O–H groups in total. The van der Waals surface area contributed by atoms with Gasteiger partial charge < -0.3 is 4.90 Å². The van der Waals surface area contributed by atoms with Gasteiger partial charge in [0.2, 0.25) is 0 Å². The summed E-state index contributed by atoms with van der Waals surface area (Å²) in [5, 5.41) is 14.5. The predicted octanol–water partition coefficient (Wildman–Crippen LogP) is 2.48. The first-order valence-electron chi connectivity index (χ1n) is 9.32. The molecule has 1 aliphatic carbocycles. The number of aryl methyl sites for hydroxylation is 1. The quantitative estimate of drug-likeness (QED) is 0.873. The number of amides is 1. The maximum Gasteiger partial charge on any atom is 0.257 e. The molecule has 2 fully saturated rings. The lowest BCUT2D eigenvalue weighted by atomic mass is 9.91. The van der Waals surface area contributed by atoms with Gasteiger partial charge in [0.15, 0.2) is 5.82 Å². The Morgan fingerprint density at radius 1 is 1.32 bits per heavy atom. The predicted molar refractivity (Wildman–Crippen MR) is 93.3 cm³/mol. The van der Waals surface area contributed by atoms with Crippen molar-refractivity contribution in [2.75, 3.05) is 13.1 Å². The van der Waals surface area contributed by atoms with Crippen LogP contribution in [0.5, 0.6) is 0 Å². The molecule has 2 atom stereocenters. The van der Waals surface area contributed by atoms with Crippen LogP contribution < -0.4 is 0 Å². The van der Waals surface area contributed by atoms with E-state index in [1.165, 1.54) is 12.8 Å². The van der Waals surface area contributed by atoms with Crippen molar-refractivity contribution in [3.05, 3.63) is 29.1 Å². The van der Waals surface area contributed by atoms with E-state index in [0.29, 0.717) is 29.9 Å². The van der Waals surface area contributed by atoms with Gasteiger partial charge in [0.25, 0.3) is 5.91 Å². The molecule has 4 rings (SSSR count). The average Bonchev–Trinajstić information content (AvgIpc) is 3.07. The van der Waals surface area contributed by atoms with Crippen molar-refractivity contribution in [2.45, 2.75) is 51.9 Å². The van der Waals surface area contributed by atoms with Crippen LogP contribution >= 0.6 is 0 Å². The Labute approximate surface area is 147 Å². The van der Waals surface area contributed by atoms with Gasteiger partial charge in [0, 0.05) is 30.6 Å². The van der Waals surface area contributed by atoms with Crippen molar-refractivity contribution >= 4 is 5.91 Å². The number of nitrogens with one attached hydrogen (secondary N) is 2. The van der Waals surface area contributed by atoms with Gasteiger partial charge in [-0.05, 0) is 31.1 Å². The second kappa shape index (κ2) is 6.28. The Balaban J connectivity index is 1.57. The van der Waals surface area contributed by atoms with Crippen LogP contribution in [0.2, 0.25) is 0 Å². The highest BCUT2D eigenvalue weighted by Gasteiger charge is 2.46. The van der Waals surface area contributed by atoms with E-state index in [-0.39, 0.29) is 11.8 Å². The van der Waals surface area contributed by atoms with E-state index in [4.69, 9.17) is 4.98 Å². The molecule has 7 heteroatoms. The first kappa shape index (κ1) is 16.3. The number of aromatic amines is 2. The fourth-order valence-electron chi connectivity index (χ4n) is 3.94. The molecule has 2 aromatic heterocycles.